The highest BCUT2D eigenvalue weighted by molar-refractivity contribution is 7.15. The van der Waals surface area contributed by atoms with Crippen LogP contribution in [0.3, 0.4) is 0 Å². The Kier molecular flexibility index (Phi) is 3.72. The maximum absolute atomic E-state index is 9.44. The summed E-state index contributed by atoms with van der Waals surface area (Å²) in [6.07, 6.45) is -4.32. The van der Waals surface area contributed by atoms with Crippen LogP contribution in [-0.4, -0.2) is 49.4 Å². The maximum atomic E-state index is 9.44. The molecule has 0 radical (unpaired) electrons. The van der Waals surface area contributed by atoms with Crippen LogP contribution in [0.25, 0.3) is 0 Å². The van der Waals surface area contributed by atoms with E-state index in [2.05, 4.69) is 10.2 Å². The van der Waals surface area contributed by atoms with Crippen LogP contribution in [0.2, 0.25) is 0 Å². The van der Waals surface area contributed by atoms with E-state index in [9.17, 15) is 10.2 Å². The third kappa shape index (κ3) is 2.36. The summed E-state index contributed by atoms with van der Waals surface area (Å²) in [7, 11) is 0. The summed E-state index contributed by atoms with van der Waals surface area (Å²) in [6.45, 7) is -0.646. The Labute approximate surface area is 83.5 Å². The topological polar surface area (TPSA) is 133 Å². The van der Waals surface area contributed by atoms with Crippen LogP contribution in [-0.2, 0) is 0 Å². The van der Waals surface area contributed by atoms with Crippen LogP contribution in [0, 0.1) is 0 Å². The molecule has 14 heavy (non-hydrogen) atoms. The van der Waals surface area contributed by atoms with Gasteiger partial charge in [0.1, 0.15) is 18.3 Å². The van der Waals surface area contributed by atoms with Gasteiger partial charge in [-0.2, -0.15) is 0 Å². The Balaban J connectivity index is 2.69. The van der Waals surface area contributed by atoms with Crippen molar-refractivity contribution in [2.75, 3.05) is 12.3 Å². The number of hydrogen-bond acceptors (Lipinski definition) is 8. The number of rotatable bonds is 4. The van der Waals surface area contributed by atoms with E-state index in [1.807, 2.05) is 0 Å². The molecule has 0 aliphatic carbocycles. The van der Waals surface area contributed by atoms with Crippen LogP contribution in [0.5, 0.6) is 0 Å². The monoisotopic (exact) mass is 221 g/mol. The molecule has 0 saturated heterocycles. The van der Waals surface area contributed by atoms with Crippen molar-refractivity contribution in [3.8, 4) is 0 Å². The van der Waals surface area contributed by atoms with Crippen LogP contribution < -0.4 is 5.73 Å². The van der Waals surface area contributed by atoms with Gasteiger partial charge < -0.3 is 26.2 Å². The number of nitrogens with two attached hydrogens (primary N) is 1. The Bertz CT molecular complexity index is 294. The largest absolute Gasteiger partial charge is 0.394 e. The quantitative estimate of drug-likeness (QED) is 0.392. The van der Waals surface area contributed by atoms with E-state index in [1.54, 1.807) is 0 Å². The first-order valence-electron chi connectivity index (χ1n) is 3.80. The predicted molar refractivity (Wildman–Crippen MR) is 48.4 cm³/mol. The van der Waals surface area contributed by atoms with Gasteiger partial charge in [-0.15, -0.1) is 10.2 Å². The van der Waals surface area contributed by atoms with E-state index in [0.29, 0.717) is 0 Å². The summed E-state index contributed by atoms with van der Waals surface area (Å²) >= 11 is 0.905. The second kappa shape index (κ2) is 4.62. The number of nitrogens with zero attached hydrogens (tertiary/aromatic N) is 2. The molecular weight excluding hydrogens is 210 g/mol. The lowest BCUT2D eigenvalue weighted by Crippen LogP contribution is -2.34. The Morgan fingerprint density at radius 3 is 2.36 bits per heavy atom. The lowest BCUT2D eigenvalue weighted by molar-refractivity contribution is -0.0778. The second-order valence-electron chi connectivity index (χ2n) is 2.66. The molecule has 0 saturated carbocycles. The molecule has 0 aliphatic heterocycles. The molecule has 0 bridgehead atoms. The third-order valence-electron chi connectivity index (χ3n) is 1.61. The van der Waals surface area contributed by atoms with Gasteiger partial charge in [-0.05, 0) is 0 Å². The van der Waals surface area contributed by atoms with Gasteiger partial charge in [-0.1, -0.05) is 11.3 Å². The van der Waals surface area contributed by atoms with Gasteiger partial charge in [-0.3, -0.25) is 0 Å². The molecule has 1 aromatic rings. The molecule has 6 N–H and O–H groups in total. The fourth-order valence-corrected chi connectivity index (χ4v) is 1.47. The smallest absolute Gasteiger partial charge is 0.203 e. The van der Waals surface area contributed by atoms with E-state index in [4.69, 9.17) is 15.9 Å². The third-order valence-corrected chi connectivity index (χ3v) is 2.44. The van der Waals surface area contributed by atoms with E-state index in [1.165, 1.54) is 0 Å². The van der Waals surface area contributed by atoms with E-state index >= 15 is 0 Å². The molecule has 0 amide bonds. The highest BCUT2D eigenvalue weighted by Crippen LogP contribution is 2.23. The van der Waals surface area contributed by atoms with Crippen LogP contribution >= 0.6 is 11.3 Å². The van der Waals surface area contributed by atoms with Gasteiger partial charge in [0.2, 0.25) is 5.13 Å². The fourth-order valence-electron chi connectivity index (χ4n) is 0.831. The SMILES string of the molecule is Nc1nnc([C@H](O)[C@@H](O)[C@H](O)CO)s1. The lowest BCUT2D eigenvalue weighted by Gasteiger charge is -2.18. The molecule has 1 rings (SSSR count). The molecule has 0 unspecified atom stereocenters. The number of aromatic nitrogens is 2. The summed E-state index contributed by atoms with van der Waals surface area (Å²) in [6, 6.07) is 0. The Morgan fingerprint density at radius 2 is 1.93 bits per heavy atom. The zero-order chi connectivity index (χ0) is 10.7. The molecule has 80 valence electrons. The summed E-state index contributed by atoms with van der Waals surface area (Å²) < 4.78 is 0. The molecule has 0 aromatic carbocycles. The van der Waals surface area contributed by atoms with Crippen LogP contribution in [0.1, 0.15) is 11.1 Å². The predicted octanol–water partition coefficient (Wildman–Crippen LogP) is -2.13. The molecule has 0 fully saturated rings. The minimum Gasteiger partial charge on any atom is -0.394 e. The van der Waals surface area contributed by atoms with Crippen molar-refractivity contribution >= 4 is 16.5 Å². The highest BCUT2D eigenvalue weighted by atomic mass is 32.1. The summed E-state index contributed by atoms with van der Waals surface area (Å²) in [4.78, 5) is 0. The van der Waals surface area contributed by atoms with Crippen molar-refractivity contribution in [3.63, 3.8) is 0 Å². The van der Waals surface area contributed by atoms with Crippen molar-refractivity contribution < 1.29 is 20.4 Å². The zero-order valence-electron chi connectivity index (χ0n) is 7.11. The maximum Gasteiger partial charge on any atom is 0.203 e. The van der Waals surface area contributed by atoms with Crippen molar-refractivity contribution in [3.05, 3.63) is 5.01 Å². The molecule has 1 aromatic heterocycles. The fraction of sp³-hybridized carbons (Fsp3) is 0.667. The number of nitrogen functional groups attached to an aromatic ring is 1. The van der Waals surface area contributed by atoms with Crippen molar-refractivity contribution in [2.24, 2.45) is 0 Å². The molecule has 0 aliphatic rings. The molecule has 8 heteroatoms. The normalized spacial score (nSPS) is 17.7. The minimum absolute atomic E-state index is 0.0995. The first-order chi connectivity index (χ1) is 6.56. The van der Waals surface area contributed by atoms with Gasteiger partial charge in [-0.25, -0.2) is 0 Å². The molecule has 7 nitrogen and oxygen atoms in total. The summed E-state index contributed by atoms with van der Waals surface area (Å²) in [5, 5.41) is 43.5. The van der Waals surface area contributed by atoms with Crippen LogP contribution in [0.15, 0.2) is 0 Å². The average Bonchev–Trinajstić information content (AvgIpc) is 2.61. The first-order valence-corrected chi connectivity index (χ1v) is 4.62. The summed E-state index contributed by atoms with van der Waals surface area (Å²) in [5.74, 6) is 0. The van der Waals surface area contributed by atoms with Crippen molar-refractivity contribution in [1.29, 1.82) is 0 Å². The number of aliphatic hydroxyl groups excluding tert-OH is 4. The Hall–Kier alpha value is -0.800. The van der Waals surface area contributed by atoms with Gasteiger partial charge in [0.15, 0.2) is 5.01 Å². The van der Waals surface area contributed by atoms with Crippen molar-refractivity contribution in [2.45, 2.75) is 18.3 Å². The number of hydrogen-bond donors (Lipinski definition) is 5. The highest BCUT2D eigenvalue weighted by Gasteiger charge is 2.28. The summed E-state index contributed by atoms with van der Waals surface area (Å²) in [5.41, 5.74) is 5.27. The van der Waals surface area contributed by atoms with E-state index in [0.717, 1.165) is 11.3 Å². The standard InChI is InChI=1S/C6H11N3O4S/c7-6-9-8-5(14-6)4(13)3(12)2(11)1-10/h2-4,10-13H,1H2,(H2,7,9)/t2-,3+,4-/m1/s1. The van der Waals surface area contributed by atoms with Gasteiger partial charge in [0, 0.05) is 0 Å². The van der Waals surface area contributed by atoms with Gasteiger partial charge >= 0.3 is 0 Å². The van der Waals surface area contributed by atoms with Crippen molar-refractivity contribution in [1.82, 2.24) is 10.2 Å². The Morgan fingerprint density at radius 1 is 1.29 bits per heavy atom. The minimum atomic E-state index is -1.51. The van der Waals surface area contributed by atoms with Crippen LogP contribution in [0.4, 0.5) is 5.13 Å². The molecule has 1 heterocycles. The van der Waals surface area contributed by atoms with E-state index < -0.39 is 24.9 Å². The average molecular weight is 221 g/mol. The number of anilines is 1. The van der Waals surface area contributed by atoms with E-state index in [-0.39, 0.29) is 10.1 Å². The molecular formula is C6H11N3O4S. The second-order valence-corrected chi connectivity index (χ2v) is 3.70. The zero-order valence-corrected chi connectivity index (χ0v) is 7.92. The molecule has 0 spiro atoms. The lowest BCUT2D eigenvalue weighted by atomic mass is 10.1. The first kappa shape index (κ1) is 11.3. The molecule has 3 atom stereocenters. The van der Waals surface area contributed by atoms with Gasteiger partial charge in [0.25, 0.3) is 0 Å². The number of aliphatic hydroxyl groups is 4. The van der Waals surface area contributed by atoms with Gasteiger partial charge in [0.05, 0.1) is 6.61 Å².